The Bertz CT molecular complexity index is 473. The van der Waals surface area contributed by atoms with Gasteiger partial charge in [0.15, 0.2) is 0 Å². The SMILES string of the molecule is CCS(=O)(=O)N1CCCC(Cc2ccccn2)C1. The number of nitrogens with zero attached hydrogens (tertiary/aromatic N) is 2. The molecule has 2 rings (SSSR count). The third kappa shape index (κ3) is 3.29. The van der Waals surface area contributed by atoms with Crippen LogP contribution in [0.2, 0.25) is 0 Å². The van der Waals surface area contributed by atoms with Crippen molar-refractivity contribution in [2.45, 2.75) is 26.2 Å². The van der Waals surface area contributed by atoms with Gasteiger partial charge < -0.3 is 0 Å². The summed E-state index contributed by atoms with van der Waals surface area (Å²) in [5.41, 5.74) is 1.05. The van der Waals surface area contributed by atoms with Crippen LogP contribution in [0.5, 0.6) is 0 Å². The Balaban J connectivity index is 1.99. The van der Waals surface area contributed by atoms with Gasteiger partial charge in [-0.3, -0.25) is 4.98 Å². The summed E-state index contributed by atoms with van der Waals surface area (Å²) in [6.07, 6.45) is 4.71. The maximum Gasteiger partial charge on any atom is 0.213 e. The van der Waals surface area contributed by atoms with Crippen LogP contribution < -0.4 is 0 Å². The molecule has 0 saturated carbocycles. The topological polar surface area (TPSA) is 50.3 Å². The normalized spacial score (nSPS) is 21.9. The van der Waals surface area contributed by atoms with Crippen LogP contribution in [0.3, 0.4) is 0 Å². The highest BCUT2D eigenvalue weighted by atomic mass is 32.2. The maximum atomic E-state index is 11.9. The first-order valence-corrected chi connectivity index (χ1v) is 8.10. The molecule has 0 amide bonds. The Kier molecular flexibility index (Phi) is 4.35. The van der Waals surface area contributed by atoms with Gasteiger partial charge in [0.25, 0.3) is 0 Å². The second kappa shape index (κ2) is 5.80. The van der Waals surface area contributed by atoms with Gasteiger partial charge in [-0.1, -0.05) is 6.07 Å². The van der Waals surface area contributed by atoms with Crippen molar-refractivity contribution in [2.75, 3.05) is 18.8 Å². The lowest BCUT2D eigenvalue weighted by Gasteiger charge is -2.31. The molecule has 4 nitrogen and oxygen atoms in total. The van der Waals surface area contributed by atoms with Crippen molar-refractivity contribution in [3.8, 4) is 0 Å². The van der Waals surface area contributed by atoms with E-state index in [-0.39, 0.29) is 5.75 Å². The van der Waals surface area contributed by atoms with Crippen molar-refractivity contribution < 1.29 is 8.42 Å². The molecule has 18 heavy (non-hydrogen) atoms. The molecule has 0 N–H and O–H groups in total. The van der Waals surface area contributed by atoms with Gasteiger partial charge in [-0.25, -0.2) is 12.7 Å². The van der Waals surface area contributed by atoms with Gasteiger partial charge in [0.2, 0.25) is 10.0 Å². The molecule has 0 spiro atoms. The number of sulfonamides is 1. The number of pyridine rings is 1. The van der Waals surface area contributed by atoms with Crippen LogP contribution in [0.15, 0.2) is 24.4 Å². The van der Waals surface area contributed by atoms with E-state index < -0.39 is 10.0 Å². The van der Waals surface area contributed by atoms with Crippen LogP contribution in [0.1, 0.15) is 25.5 Å². The zero-order chi connectivity index (χ0) is 13.0. The summed E-state index contributed by atoms with van der Waals surface area (Å²) in [4.78, 5) is 4.31. The average Bonchev–Trinajstić information content (AvgIpc) is 2.40. The standard InChI is InChI=1S/C13H20N2O2S/c1-2-18(16,17)15-9-5-6-12(11-15)10-13-7-3-4-8-14-13/h3-4,7-8,12H,2,5-6,9-11H2,1H3. The van der Waals surface area contributed by atoms with Gasteiger partial charge in [-0.15, -0.1) is 0 Å². The smallest absolute Gasteiger partial charge is 0.213 e. The van der Waals surface area contributed by atoms with Crippen molar-refractivity contribution in [1.82, 2.24) is 9.29 Å². The van der Waals surface area contributed by atoms with Crippen LogP contribution in [-0.2, 0) is 16.4 Å². The lowest BCUT2D eigenvalue weighted by molar-refractivity contribution is 0.264. The van der Waals surface area contributed by atoms with Crippen molar-refractivity contribution in [2.24, 2.45) is 5.92 Å². The number of piperidine rings is 1. The summed E-state index contributed by atoms with van der Waals surface area (Å²) in [6.45, 7) is 3.03. The zero-order valence-electron chi connectivity index (χ0n) is 10.7. The van der Waals surface area contributed by atoms with E-state index in [0.29, 0.717) is 19.0 Å². The largest absolute Gasteiger partial charge is 0.261 e. The quantitative estimate of drug-likeness (QED) is 0.835. The van der Waals surface area contributed by atoms with E-state index >= 15 is 0 Å². The molecule has 1 aromatic heterocycles. The van der Waals surface area contributed by atoms with E-state index in [1.165, 1.54) is 0 Å². The predicted octanol–water partition coefficient (Wildman–Crippen LogP) is 1.69. The summed E-state index contributed by atoms with van der Waals surface area (Å²) in [7, 11) is -3.03. The molecule has 1 aliphatic rings. The summed E-state index contributed by atoms with van der Waals surface area (Å²) >= 11 is 0. The Hall–Kier alpha value is -0.940. The van der Waals surface area contributed by atoms with E-state index in [1.54, 1.807) is 17.4 Å². The zero-order valence-corrected chi connectivity index (χ0v) is 11.6. The molecule has 2 heterocycles. The van der Waals surface area contributed by atoms with Crippen molar-refractivity contribution >= 4 is 10.0 Å². The Morgan fingerprint density at radius 3 is 2.94 bits per heavy atom. The molecule has 1 atom stereocenters. The fourth-order valence-corrected chi connectivity index (χ4v) is 3.65. The Labute approximate surface area is 109 Å². The molecule has 1 aliphatic heterocycles. The fraction of sp³-hybridized carbons (Fsp3) is 0.615. The molecular weight excluding hydrogens is 248 g/mol. The number of rotatable bonds is 4. The van der Waals surface area contributed by atoms with E-state index in [4.69, 9.17) is 0 Å². The third-order valence-corrected chi connectivity index (χ3v) is 5.31. The third-order valence-electron chi connectivity index (χ3n) is 3.46. The summed E-state index contributed by atoms with van der Waals surface area (Å²) in [6, 6.07) is 5.89. The van der Waals surface area contributed by atoms with E-state index in [9.17, 15) is 8.42 Å². The molecule has 0 bridgehead atoms. The second-order valence-electron chi connectivity index (χ2n) is 4.79. The maximum absolute atomic E-state index is 11.9. The van der Waals surface area contributed by atoms with Gasteiger partial charge in [-0.2, -0.15) is 0 Å². The van der Waals surface area contributed by atoms with Gasteiger partial charge >= 0.3 is 0 Å². The Morgan fingerprint density at radius 1 is 1.44 bits per heavy atom. The van der Waals surface area contributed by atoms with Crippen molar-refractivity contribution in [3.63, 3.8) is 0 Å². The fourth-order valence-electron chi connectivity index (χ4n) is 2.44. The lowest BCUT2D eigenvalue weighted by Crippen LogP contribution is -2.41. The number of hydrogen-bond donors (Lipinski definition) is 0. The predicted molar refractivity (Wildman–Crippen MR) is 71.7 cm³/mol. The van der Waals surface area contributed by atoms with Gasteiger partial charge in [0.05, 0.1) is 5.75 Å². The van der Waals surface area contributed by atoms with E-state index in [2.05, 4.69) is 4.98 Å². The monoisotopic (exact) mass is 268 g/mol. The van der Waals surface area contributed by atoms with Crippen LogP contribution in [0, 0.1) is 5.92 Å². The first-order valence-electron chi connectivity index (χ1n) is 6.49. The molecule has 0 aliphatic carbocycles. The van der Waals surface area contributed by atoms with Crippen molar-refractivity contribution in [3.05, 3.63) is 30.1 Å². The summed E-state index contributed by atoms with van der Waals surface area (Å²) in [5.74, 6) is 0.596. The molecule has 1 saturated heterocycles. The highest BCUT2D eigenvalue weighted by Gasteiger charge is 2.27. The van der Waals surface area contributed by atoms with E-state index in [0.717, 1.165) is 25.0 Å². The van der Waals surface area contributed by atoms with Gasteiger partial charge in [-0.05, 0) is 44.2 Å². The first-order chi connectivity index (χ1) is 8.62. The summed E-state index contributed by atoms with van der Waals surface area (Å²) in [5, 5.41) is 0. The van der Waals surface area contributed by atoms with Crippen LogP contribution in [0.4, 0.5) is 0 Å². The molecule has 1 fully saturated rings. The minimum absolute atomic E-state index is 0.198. The minimum Gasteiger partial charge on any atom is -0.261 e. The van der Waals surface area contributed by atoms with E-state index in [1.807, 2.05) is 18.2 Å². The van der Waals surface area contributed by atoms with Crippen LogP contribution in [0.25, 0.3) is 0 Å². The summed E-state index contributed by atoms with van der Waals surface area (Å²) < 4.78 is 25.4. The Morgan fingerprint density at radius 2 is 2.28 bits per heavy atom. The molecular formula is C13H20N2O2S. The van der Waals surface area contributed by atoms with Crippen molar-refractivity contribution in [1.29, 1.82) is 0 Å². The second-order valence-corrected chi connectivity index (χ2v) is 7.05. The molecule has 100 valence electrons. The highest BCUT2D eigenvalue weighted by Crippen LogP contribution is 2.22. The molecule has 1 unspecified atom stereocenters. The number of hydrogen-bond acceptors (Lipinski definition) is 3. The minimum atomic E-state index is -3.03. The average molecular weight is 268 g/mol. The number of aromatic nitrogens is 1. The molecule has 0 aromatic carbocycles. The van der Waals surface area contributed by atoms with Gasteiger partial charge in [0.1, 0.15) is 0 Å². The van der Waals surface area contributed by atoms with Gasteiger partial charge in [0, 0.05) is 25.0 Å². The molecule has 0 radical (unpaired) electrons. The van der Waals surface area contributed by atoms with Crippen LogP contribution in [-0.4, -0.2) is 36.5 Å². The highest BCUT2D eigenvalue weighted by molar-refractivity contribution is 7.89. The first kappa shape index (κ1) is 13.5. The molecule has 5 heteroatoms. The molecule has 1 aromatic rings. The lowest BCUT2D eigenvalue weighted by atomic mass is 9.94. The van der Waals surface area contributed by atoms with Crippen LogP contribution >= 0.6 is 0 Å².